The topological polar surface area (TPSA) is 161 Å². The third-order valence-corrected chi connectivity index (χ3v) is 11.7. The van der Waals surface area contributed by atoms with Gasteiger partial charge in [0, 0.05) is 36.9 Å². The first-order valence-corrected chi connectivity index (χ1v) is 17.2. The fourth-order valence-electron chi connectivity index (χ4n) is 5.23. The van der Waals surface area contributed by atoms with Crippen LogP contribution in [0.2, 0.25) is 0 Å². The van der Waals surface area contributed by atoms with Gasteiger partial charge < -0.3 is 0 Å². The Morgan fingerprint density at radius 2 is 1.67 bits per heavy atom. The van der Waals surface area contributed by atoms with Gasteiger partial charge in [-0.3, -0.25) is 25.7 Å². The highest BCUT2D eigenvalue weighted by atomic mass is 32.2. The minimum absolute atomic E-state index is 0.0459. The summed E-state index contributed by atoms with van der Waals surface area (Å²) in [7, 11) is -4.12. The number of hydrogen-bond acceptors (Lipinski definition) is 11. The number of hydrogen-bond donors (Lipinski definition) is 1. The maximum Gasteiger partial charge on any atom is 0.283 e. The Morgan fingerprint density at radius 3 is 2.39 bits per heavy atom. The van der Waals surface area contributed by atoms with Gasteiger partial charge in [0.25, 0.3) is 11.4 Å². The number of rotatable bonds is 10. The van der Waals surface area contributed by atoms with Gasteiger partial charge in [0.15, 0.2) is 4.34 Å². The van der Waals surface area contributed by atoms with Crippen molar-refractivity contribution in [3.05, 3.63) is 122 Å². The van der Waals surface area contributed by atoms with Gasteiger partial charge in [0.05, 0.1) is 36.9 Å². The zero-order valence-electron chi connectivity index (χ0n) is 24.1. The Bertz CT molecular complexity index is 2030. The van der Waals surface area contributed by atoms with Gasteiger partial charge in [-0.2, -0.15) is 9.41 Å². The van der Waals surface area contributed by atoms with E-state index in [1.54, 1.807) is 12.1 Å². The van der Waals surface area contributed by atoms with Crippen molar-refractivity contribution in [2.75, 3.05) is 18.5 Å². The number of piperidine rings is 1. The summed E-state index contributed by atoms with van der Waals surface area (Å²) >= 11 is 2.64. The highest BCUT2D eigenvalue weighted by Crippen LogP contribution is 2.39. The molecule has 1 fully saturated rings. The van der Waals surface area contributed by atoms with E-state index in [4.69, 9.17) is 0 Å². The molecule has 1 saturated heterocycles. The van der Waals surface area contributed by atoms with Crippen molar-refractivity contribution in [1.29, 1.82) is 0 Å². The van der Waals surface area contributed by atoms with E-state index in [0.717, 1.165) is 21.8 Å². The van der Waals surface area contributed by atoms with Crippen molar-refractivity contribution < 1.29 is 18.3 Å². The zero-order valence-corrected chi connectivity index (χ0v) is 26.5. The van der Waals surface area contributed by atoms with Crippen LogP contribution in [0.5, 0.6) is 0 Å². The molecule has 1 aliphatic heterocycles. The first-order valence-electron chi connectivity index (χ1n) is 14.1. The molecule has 0 atom stereocenters. The van der Waals surface area contributed by atoms with Crippen molar-refractivity contribution in [1.82, 2.24) is 9.29 Å². The molecule has 2 heterocycles. The molecule has 0 unspecified atom stereocenters. The van der Waals surface area contributed by atoms with Crippen LogP contribution >= 0.6 is 23.1 Å². The maximum atomic E-state index is 13.8. The summed E-state index contributed by atoms with van der Waals surface area (Å²) in [5, 5.41) is 27.6. The molecule has 1 N–H and O–H groups in total. The average Bonchev–Trinajstić information content (AvgIpc) is 3.48. The molecule has 0 saturated carbocycles. The summed E-state index contributed by atoms with van der Waals surface area (Å²) in [4.78, 5) is 27.0. The van der Waals surface area contributed by atoms with Gasteiger partial charge in [0.2, 0.25) is 10.0 Å². The number of anilines is 1. The van der Waals surface area contributed by atoms with E-state index in [1.807, 2.05) is 54.6 Å². The lowest BCUT2D eigenvalue weighted by Crippen LogP contribution is -2.38. The van der Waals surface area contributed by atoms with E-state index in [9.17, 15) is 28.6 Å². The molecular formula is C31H26N6O6S3. The van der Waals surface area contributed by atoms with E-state index in [0.29, 0.717) is 27.6 Å². The molecule has 46 heavy (non-hydrogen) atoms. The molecular weight excluding hydrogens is 649 g/mol. The molecule has 0 amide bonds. The van der Waals surface area contributed by atoms with Crippen molar-refractivity contribution in [3.63, 3.8) is 0 Å². The lowest BCUT2D eigenvalue weighted by molar-refractivity contribution is -0.387. The van der Waals surface area contributed by atoms with Crippen LogP contribution in [-0.4, -0.2) is 46.9 Å². The summed E-state index contributed by atoms with van der Waals surface area (Å²) < 4.78 is 30.5. The first kappa shape index (κ1) is 31.3. The number of nitro benzene ring substituents is 2. The van der Waals surface area contributed by atoms with Crippen LogP contribution in [0.15, 0.2) is 110 Å². The monoisotopic (exact) mass is 674 g/mol. The Morgan fingerprint density at radius 1 is 0.935 bits per heavy atom. The summed E-state index contributed by atoms with van der Waals surface area (Å²) in [5.41, 5.74) is 4.58. The van der Waals surface area contributed by atoms with E-state index in [-0.39, 0.29) is 41.0 Å². The molecule has 0 aliphatic carbocycles. The van der Waals surface area contributed by atoms with Crippen LogP contribution in [0.4, 0.5) is 17.1 Å². The van der Waals surface area contributed by atoms with Crippen molar-refractivity contribution in [3.8, 4) is 0 Å². The molecule has 12 nitrogen and oxygen atoms in total. The van der Waals surface area contributed by atoms with Crippen LogP contribution in [0.1, 0.15) is 29.9 Å². The van der Waals surface area contributed by atoms with E-state index >= 15 is 0 Å². The summed E-state index contributed by atoms with van der Waals surface area (Å²) in [6.07, 6.45) is 2.55. The minimum Gasteiger partial charge on any atom is -0.277 e. The largest absolute Gasteiger partial charge is 0.283 e. The van der Waals surface area contributed by atoms with E-state index in [1.165, 1.54) is 51.8 Å². The maximum absolute atomic E-state index is 13.8. The van der Waals surface area contributed by atoms with E-state index < -0.39 is 19.9 Å². The average molecular weight is 675 g/mol. The Labute approximate surface area is 272 Å². The van der Waals surface area contributed by atoms with Crippen LogP contribution in [0, 0.1) is 20.2 Å². The number of benzene rings is 4. The van der Waals surface area contributed by atoms with Gasteiger partial charge >= 0.3 is 0 Å². The van der Waals surface area contributed by atoms with Gasteiger partial charge in [0.1, 0.15) is 4.90 Å². The van der Waals surface area contributed by atoms with Crippen LogP contribution in [0.25, 0.3) is 10.2 Å². The molecule has 5 aromatic rings. The second-order valence-electron chi connectivity index (χ2n) is 10.4. The predicted molar refractivity (Wildman–Crippen MR) is 178 cm³/mol. The summed E-state index contributed by atoms with van der Waals surface area (Å²) in [6.45, 7) is 0.524. The molecule has 4 aromatic carbocycles. The highest BCUT2D eigenvalue weighted by Gasteiger charge is 2.33. The lowest BCUT2D eigenvalue weighted by atomic mass is 9.90. The first-order chi connectivity index (χ1) is 22.2. The van der Waals surface area contributed by atoms with Crippen molar-refractivity contribution in [2.45, 2.75) is 32.9 Å². The van der Waals surface area contributed by atoms with Crippen LogP contribution in [-0.2, 0) is 10.0 Å². The van der Waals surface area contributed by atoms with E-state index in [2.05, 4.69) is 15.5 Å². The standard InChI is InChI=1S/C31H26N6O6S3/c38-36(39)24-11-12-26(30(19-24)46(42,43)35-16-14-23(15-17-35)22-6-2-1-3-7-22)34-32-20-21-10-13-29(27(18-21)37(40)41)45-31-33-25-8-4-5-9-28(25)44-31/h1-13,18-20,23,34H,14-17H2/b32-20-. The SMILES string of the molecule is O=[N+]([O-])c1ccc(N/N=C\c2ccc(Sc3nc4ccccc4s3)c([N+](=O)[O-])c2)c(S(=O)(=O)N2CCC(c3ccccc3)CC2)c1. The molecule has 15 heteroatoms. The number of nitro groups is 2. The van der Waals surface area contributed by atoms with Crippen molar-refractivity contribution in [2.24, 2.45) is 5.10 Å². The smallest absolute Gasteiger partial charge is 0.277 e. The molecule has 1 aliphatic rings. The highest BCUT2D eigenvalue weighted by molar-refractivity contribution is 8.01. The molecule has 0 radical (unpaired) electrons. The fraction of sp³-hybridized carbons (Fsp3) is 0.161. The van der Waals surface area contributed by atoms with Gasteiger partial charge in [-0.15, -0.1) is 11.3 Å². The predicted octanol–water partition coefficient (Wildman–Crippen LogP) is 7.28. The molecule has 0 bridgehead atoms. The Kier molecular flexibility index (Phi) is 9.08. The number of sulfonamides is 1. The number of non-ortho nitro benzene ring substituents is 1. The number of para-hydroxylation sites is 1. The fourth-order valence-corrected chi connectivity index (χ4v) is 8.97. The molecule has 1 aromatic heterocycles. The lowest BCUT2D eigenvalue weighted by Gasteiger charge is -2.31. The van der Waals surface area contributed by atoms with Crippen molar-refractivity contribution >= 4 is 66.6 Å². The van der Waals surface area contributed by atoms with Gasteiger partial charge in [-0.25, -0.2) is 13.4 Å². The number of hydrazone groups is 1. The number of fused-ring (bicyclic) bond motifs is 1. The minimum atomic E-state index is -4.12. The third-order valence-electron chi connectivity index (χ3n) is 7.57. The number of thiazole rings is 1. The Balaban J connectivity index is 1.21. The molecule has 0 spiro atoms. The molecule has 6 rings (SSSR count). The molecule has 234 valence electrons. The summed E-state index contributed by atoms with van der Waals surface area (Å²) in [5.74, 6) is 0.218. The second-order valence-corrected chi connectivity index (χ2v) is 14.7. The van der Waals surface area contributed by atoms with Crippen LogP contribution in [0.3, 0.4) is 0 Å². The van der Waals surface area contributed by atoms with Gasteiger partial charge in [-0.05, 0) is 48.6 Å². The summed E-state index contributed by atoms with van der Waals surface area (Å²) in [6, 6.07) is 25.6. The normalized spacial score (nSPS) is 14.5. The zero-order chi connectivity index (χ0) is 32.3. The van der Waals surface area contributed by atoms with Crippen LogP contribution < -0.4 is 5.43 Å². The second kappa shape index (κ2) is 13.3. The quantitative estimate of drug-likeness (QED) is 0.0912. The number of nitrogens with zero attached hydrogens (tertiary/aromatic N) is 5. The third kappa shape index (κ3) is 6.77. The van der Waals surface area contributed by atoms with Gasteiger partial charge in [-0.1, -0.05) is 60.3 Å². The number of nitrogens with one attached hydrogen (secondary N) is 1. The number of aromatic nitrogens is 1. The Hall–Kier alpha value is -4.70.